The summed E-state index contributed by atoms with van der Waals surface area (Å²) in [5.41, 5.74) is 7.79. The predicted octanol–water partition coefficient (Wildman–Crippen LogP) is 3.74. The standard InChI is InChI=1S/C20H22N4O/c1-13-7-6-8-14(2)19(13)23-15(3)20(25)24-22-12-16-11-21-18-10-5-4-9-17(16)18/h4-12,15,21,23H,1-3H3,(H,24,25)/b22-12+/t15-/m0/s1. The first-order chi connectivity index (χ1) is 12.1. The van der Waals surface area contributed by atoms with Gasteiger partial charge in [0.15, 0.2) is 0 Å². The van der Waals surface area contributed by atoms with Crippen LogP contribution in [-0.2, 0) is 4.79 Å². The number of benzene rings is 2. The summed E-state index contributed by atoms with van der Waals surface area (Å²) in [6, 6.07) is 13.6. The van der Waals surface area contributed by atoms with E-state index in [1.807, 2.05) is 69.4 Å². The minimum Gasteiger partial charge on any atom is -0.373 e. The molecule has 1 atom stereocenters. The summed E-state index contributed by atoms with van der Waals surface area (Å²) in [5, 5.41) is 8.42. The monoisotopic (exact) mass is 334 g/mol. The van der Waals surface area contributed by atoms with Crippen LogP contribution in [0.4, 0.5) is 5.69 Å². The van der Waals surface area contributed by atoms with Crippen LogP contribution in [0, 0.1) is 13.8 Å². The minimum absolute atomic E-state index is 0.182. The Labute approximate surface area is 147 Å². The van der Waals surface area contributed by atoms with E-state index in [1.165, 1.54) is 0 Å². The lowest BCUT2D eigenvalue weighted by molar-refractivity contribution is -0.121. The highest BCUT2D eigenvalue weighted by Gasteiger charge is 2.14. The van der Waals surface area contributed by atoms with Gasteiger partial charge in [0.05, 0.1) is 6.21 Å². The number of H-pyrrole nitrogens is 1. The molecule has 0 bridgehead atoms. The molecule has 3 N–H and O–H groups in total. The molecule has 0 radical (unpaired) electrons. The number of carbonyl (C=O) groups excluding carboxylic acids is 1. The lowest BCUT2D eigenvalue weighted by Crippen LogP contribution is -2.35. The van der Waals surface area contributed by atoms with Crippen LogP contribution in [-0.4, -0.2) is 23.1 Å². The average molecular weight is 334 g/mol. The van der Waals surface area contributed by atoms with Crippen molar-refractivity contribution in [2.45, 2.75) is 26.8 Å². The highest BCUT2D eigenvalue weighted by Crippen LogP contribution is 2.20. The maximum Gasteiger partial charge on any atom is 0.262 e. The summed E-state index contributed by atoms with van der Waals surface area (Å²) in [7, 11) is 0. The molecule has 5 heteroatoms. The molecule has 0 spiro atoms. The minimum atomic E-state index is -0.389. The fourth-order valence-corrected chi connectivity index (χ4v) is 2.79. The van der Waals surface area contributed by atoms with Crippen LogP contribution in [0.5, 0.6) is 0 Å². The van der Waals surface area contributed by atoms with E-state index in [0.717, 1.165) is 33.3 Å². The molecule has 0 aliphatic carbocycles. The number of fused-ring (bicyclic) bond motifs is 1. The van der Waals surface area contributed by atoms with Crippen molar-refractivity contribution in [1.29, 1.82) is 0 Å². The van der Waals surface area contributed by atoms with Gasteiger partial charge in [0.1, 0.15) is 6.04 Å². The number of nitrogens with zero attached hydrogens (tertiary/aromatic N) is 1. The van der Waals surface area contributed by atoms with Crippen molar-refractivity contribution in [2.75, 3.05) is 5.32 Å². The molecule has 1 amide bonds. The Kier molecular flexibility index (Phi) is 4.84. The fraction of sp³-hybridized carbons (Fsp3) is 0.200. The average Bonchev–Trinajstić information content (AvgIpc) is 3.01. The molecule has 0 saturated heterocycles. The van der Waals surface area contributed by atoms with Gasteiger partial charge in [0.25, 0.3) is 5.91 Å². The second-order valence-electron chi connectivity index (χ2n) is 6.16. The summed E-state index contributed by atoms with van der Waals surface area (Å²) < 4.78 is 0. The number of hydrogen-bond donors (Lipinski definition) is 3. The molecule has 128 valence electrons. The lowest BCUT2D eigenvalue weighted by Gasteiger charge is -2.17. The largest absolute Gasteiger partial charge is 0.373 e. The van der Waals surface area contributed by atoms with Gasteiger partial charge in [0.2, 0.25) is 0 Å². The topological polar surface area (TPSA) is 69.3 Å². The number of rotatable bonds is 5. The number of aryl methyl sites for hydroxylation is 2. The normalized spacial score (nSPS) is 12.4. The van der Waals surface area contributed by atoms with Gasteiger partial charge in [-0.2, -0.15) is 5.10 Å². The van der Waals surface area contributed by atoms with E-state index in [4.69, 9.17) is 0 Å². The number of nitrogens with one attached hydrogen (secondary N) is 3. The second kappa shape index (κ2) is 7.21. The quantitative estimate of drug-likeness (QED) is 0.491. The Morgan fingerprint density at radius 3 is 2.60 bits per heavy atom. The molecular weight excluding hydrogens is 312 g/mol. The van der Waals surface area contributed by atoms with Crippen LogP contribution in [0.3, 0.4) is 0 Å². The number of hydrogen-bond acceptors (Lipinski definition) is 3. The van der Waals surface area contributed by atoms with Crippen molar-refractivity contribution in [1.82, 2.24) is 10.4 Å². The maximum absolute atomic E-state index is 12.3. The number of para-hydroxylation sites is 2. The summed E-state index contributed by atoms with van der Waals surface area (Å²) in [6.45, 7) is 5.87. The summed E-state index contributed by atoms with van der Waals surface area (Å²) in [6.07, 6.45) is 3.53. The summed E-state index contributed by atoms with van der Waals surface area (Å²) in [4.78, 5) is 15.4. The summed E-state index contributed by atoms with van der Waals surface area (Å²) >= 11 is 0. The molecule has 5 nitrogen and oxygen atoms in total. The molecule has 0 aliphatic rings. The van der Waals surface area contributed by atoms with Gasteiger partial charge in [-0.1, -0.05) is 36.4 Å². The number of aromatic amines is 1. The van der Waals surface area contributed by atoms with Gasteiger partial charge < -0.3 is 10.3 Å². The zero-order chi connectivity index (χ0) is 17.8. The third-order valence-corrected chi connectivity index (χ3v) is 4.23. The Morgan fingerprint density at radius 1 is 1.12 bits per heavy atom. The van der Waals surface area contributed by atoms with Crippen LogP contribution < -0.4 is 10.7 Å². The van der Waals surface area contributed by atoms with Crippen molar-refractivity contribution < 1.29 is 4.79 Å². The second-order valence-corrected chi connectivity index (χ2v) is 6.16. The zero-order valence-corrected chi connectivity index (χ0v) is 14.6. The zero-order valence-electron chi connectivity index (χ0n) is 14.6. The van der Waals surface area contributed by atoms with Gasteiger partial charge in [-0.25, -0.2) is 5.43 Å². The molecule has 3 aromatic rings. The molecule has 0 aliphatic heterocycles. The first-order valence-electron chi connectivity index (χ1n) is 8.28. The third-order valence-electron chi connectivity index (χ3n) is 4.23. The number of carbonyl (C=O) groups is 1. The van der Waals surface area contributed by atoms with Crippen LogP contribution in [0.15, 0.2) is 53.8 Å². The smallest absolute Gasteiger partial charge is 0.262 e. The van der Waals surface area contributed by atoms with Gasteiger partial charge in [-0.15, -0.1) is 0 Å². The van der Waals surface area contributed by atoms with Gasteiger partial charge in [-0.3, -0.25) is 4.79 Å². The molecule has 1 aromatic heterocycles. The Bertz CT molecular complexity index is 906. The van der Waals surface area contributed by atoms with Crippen molar-refractivity contribution in [3.05, 3.63) is 65.4 Å². The molecule has 2 aromatic carbocycles. The number of aromatic nitrogens is 1. The molecule has 0 saturated carbocycles. The number of hydrazone groups is 1. The van der Waals surface area contributed by atoms with Gasteiger partial charge in [0, 0.05) is 28.4 Å². The van der Waals surface area contributed by atoms with Crippen molar-refractivity contribution >= 4 is 28.7 Å². The van der Waals surface area contributed by atoms with E-state index in [-0.39, 0.29) is 11.9 Å². The van der Waals surface area contributed by atoms with E-state index in [2.05, 4.69) is 20.8 Å². The van der Waals surface area contributed by atoms with Crippen LogP contribution in [0.25, 0.3) is 10.9 Å². The maximum atomic E-state index is 12.3. The highest BCUT2D eigenvalue weighted by molar-refractivity contribution is 5.99. The van der Waals surface area contributed by atoms with E-state index in [0.29, 0.717) is 0 Å². The number of anilines is 1. The molecule has 0 unspecified atom stereocenters. The van der Waals surface area contributed by atoms with Crippen LogP contribution in [0.2, 0.25) is 0 Å². The first kappa shape index (κ1) is 16.8. The Morgan fingerprint density at radius 2 is 1.84 bits per heavy atom. The number of amides is 1. The SMILES string of the molecule is Cc1cccc(C)c1N[C@@H](C)C(=O)N/N=C/c1c[nH]c2ccccc12. The van der Waals surface area contributed by atoms with Gasteiger partial charge in [-0.05, 0) is 38.0 Å². The van der Waals surface area contributed by atoms with E-state index >= 15 is 0 Å². The van der Waals surface area contributed by atoms with Gasteiger partial charge >= 0.3 is 0 Å². The molecule has 0 fully saturated rings. The predicted molar refractivity (Wildman–Crippen MR) is 103 cm³/mol. The Hall–Kier alpha value is -3.08. The first-order valence-corrected chi connectivity index (χ1v) is 8.28. The van der Waals surface area contributed by atoms with E-state index in [9.17, 15) is 4.79 Å². The van der Waals surface area contributed by atoms with Crippen molar-refractivity contribution in [3.8, 4) is 0 Å². The van der Waals surface area contributed by atoms with Crippen molar-refractivity contribution in [2.24, 2.45) is 5.10 Å². The van der Waals surface area contributed by atoms with Crippen molar-refractivity contribution in [3.63, 3.8) is 0 Å². The summed E-state index contributed by atoms with van der Waals surface area (Å²) in [5.74, 6) is -0.182. The van der Waals surface area contributed by atoms with Crippen LogP contribution in [0.1, 0.15) is 23.6 Å². The van der Waals surface area contributed by atoms with E-state index in [1.54, 1.807) is 6.21 Å². The highest BCUT2D eigenvalue weighted by atomic mass is 16.2. The van der Waals surface area contributed by atoms with E-state index < -0.39 is 0 Å². The molecular formula is C20H22N4O. The third kappa shape index (κ3) is 3.71. The lowest BCUT2D eigenvalue weighted by atomic mass is 10.1. The van der Waals surface area contributed by atoms with Crippen LogP contribution >= 0.6 is 0 Å². The fourth-order valence-electron chi connectivity index (χ4n) is 2.79. The molecule has 1 heterocycles. The molecule has 3 rings (SSSR count). The Balaban J connectivity index is 1.64. The molecule has 25 heavy (non-hydrogen) atoms.